The van der Waals surface area contributed by atoms with Crippen molar-refractivity contribution in [1.82, 2.24) is 15.5 Å². The molecule has 1 aromatic heterocycles. The van der Waals surface area contributed by atoms with Crippen molar-refractivity contribution in [2.75, 3.05) is 19.1 Å². The maximum absolute atomic E-state index is 12.8. The molecule has 1 aliphatic heterocycles. The van der Waals surface area contributed by atoms with E-state index in [0.29, 0.717) is 5.84 Å². The number of sulfone groups is 1. The largest absolute Gasteiger partial charge is 0.496 e. The van der Waals surface area contributed by atoms with Crippen molar-refractivity contribution in [1.29, 1.82) is 0 Å². The van der Waals surface area contributed by atoms with Crippen LogP contribution in [0.1, 0.15) is 26.5 Å². The molecule has 2 heterocycles. The number of anilines is 1. The minimum atomic E-state index is -3.65. The Bertz CT molecular complexity index is 1430. The summed E-state index contributed by atoms with van der Waals surface area (Å²) in [6, 6.07) is 8.52. The molecule has 4 rings (SSSR count). The van der Waals surface area contributed by atoms with Crippen molar-refractivity contribution in [2.45, 2.75) is 36.7 Å². The Morgan fingerprint density at radius 1 is 1.27 bits per heavy atom. The van der Waals surface area contributed by atoms with Gasteiger partial charge in [0.15, 0.2) is 9.84 Å². The molecule has 2 aromatic carbocycles. The van der Waals surface area contributed by atoms with E-state index in [2.05, 4.69) is 15.5 Å². The van der Waals surface area contributed by atoms with Crippen LogP contribution in [0.3, 0.4) is 0 Å². The van der Waals surface area contributed by atoms with Crippen LogP contribution in [0.5, 0.6) is 5.75 Å². The Balaban J connectivity index is 1.80. The highest BCUT2D eigenvalue weighted by atomic mass is 32.2. The van der Waals surface area contributed by atoms with Gasteiger partial charge in [-0.1, -0.05) is 0 Å². The van der Waals surface area contributed by atoms with E-state index >= 15 is 0 Å². The van der Waals surface area contributed by atoms with E-state index in [0.717, 1.165) is 22.3 Å². The molecule has 1 aliphatic rings. The molecule has 0 saturated heterocycles. The van der Waals surface area contributed by atoms with E-state index in [-0.39, 0.29) is 22.3 Å². The third kappa shape index (κ3) is 3.96. The van der Waals surface area contributed by atoms with Gasteiger partial charge in [0, 0.05) is 24.3 Å². The van der Waals surface area contributed by atoms with Gasteiger partial charge in [-0.2, -0.15) is 5.10 Å². The fourth-order valence-electron chi connectivity index (χ4n) is 3.66. The Hall–Kier alpha value is -3.37. The quantitative estimate of drug-likeness (QED) is 0.524. The number of fused-ring (bicyclic) bond motifs is 1. The average Bonchev–Trinajstić information content (AvgIpc) is 3.17. The van der Waals surface area contributed by atoms with Gasteiger partial charge in [-0.15, -0.1) is 0 Å². The summed E-state index contributed by atoms with van der Waals surface area (Å²) in [7, 11) is -0.385. The molecular weight excluding hydrogens is 440 g/mol. The molecular formula is C23H28N6O3S. The summed E-state index contributed by atoms with van der Waals surface area (Å²) in [6.07, 6.45) is 3.40. The number of aromatic nitrogens is 2. The van der Waals surface area contributed by atoms with E-state index in [4.69, 9.17) is 16.8 Å². The highest BCUT2D eigenvalue weighted by Gasteiger charge is 2.34. The van der Waals surface area contributed by atoms with E-state index in [9.17, 15) is 8.42 Å². The number of nitrogens with zero attached hydrogens (tertiary/aromatic N) is 3. The minimum absolute atomic E-state index is 0.00495. The molecule has 0 bridgehead atoms. The molecule has 0 spiro atoms. The summed E-state index contributed by atoms with van der Waals surface area (Å²) in [4.78, 5) is 6.56. The lowest BCUT2D eigenvalue weighted by Gasteiger charge is -2.33. The van der Waals surface area contributed by atoms with Crippen molar-refractivity contribution in [3.63, 3.8) is 0 Å². The standard InChI is InChI=1S/C23H28N6O3S/c1-14(2)33(30,31)17-7-9-21(32-5)19(13-17)23(24)25-11-10-22(26-23)29(4)16-6-8-18-15(3)27-28-20(18)12-16/h6-14,25H,24H2,1-5H3,(H,27,28)/i9D. The molecule has 0 saturated carbocycles. The number of nitrogens with two attached hydrogens (primary N) is 1. The van der Waals surface area contributed by atoms with Gasteiger partial charge >= 0.3 is 0 Å². The van der Waals surface area contributed by atoms with Crippen LogP contribution >= 0.6 is 0 Å². The smallest absolute Gasteiger partial charge is 0.214 e. The number of likely N-dealkylation sites (N-methyl/N-ethyl adjacent to an activating group) is 1. The molecule has 1 unspecified atom stereocenters. The molecule has 0 radical (unpaired) electrons. The van der Waals surface area contributed by atoms with Crippen LogP contribution in [0.15, 0.2) is 58.5 Å². The Kier molecular flexibility index (Phi) is 5.34. The molecule has 174 valence electrons. The second kappa shape index (κ2) is 8.20. The zero-order valence-corrected chi connectivity index (χ0v) is 20.0. The van der Waals surface area contributed by atoms with Crippen molar-refractivity contribution >= 4 is 32.3 Å². The van der Waals surface area contributed by atoms with Crippen LogP contribution in [0.4, 0.5) is 5.69 Å². The van der Waals surface area contributed by atoms with Crippen molar-refractivity contribution in [3.05, 3.63) is 59.9 Å². The molecule has 0 amide bonds. The van der Waals surface area contributed by atoms with E-state index in [1.807, 2.05) is 37.1 Å². The van der Waals surface area contributed by atoms with Gasteiger partial charge < -0.3 is 15.0 Å². The monoisotopic (exact) mass is 469 g/mol. The fraction of sp³-hybridized carbons (Fsp3) is 0.304. The van der Waals surface area contributed by atoms with Crippen molar-refractivity contribution in [2.24, 2.45) is 10.7 Å². The number of benzene rings is 2. The lowest BCUT2D eigenvalue weighted by Crippen LogP contribution is -2.50. The number of rotatable bonds is 5. The summed E-state index contributed by atoms with van der Waals surface area (Å²) >= 11 is 0. The summed E-state index contributed by atoms with van der Waals surface area (Å²) < 4.78 is 39.5. The summed E-state index contributed by atoms with van der Waals surface area (Å²) in [6.45, 7) is 5.12. The first-order chi connectivity index (χ1) is 16.0. The van der Waals surface area contributed by atoms with Gasteiger partial charge in [0.2, 0.25) is 5.79 Å². The maximum atomic E-state index is 12.8. The van der Waals surface area contributed by atoms with E-state index < -0.39 is 20.9 Å². The van der Waals surface area contributed by atoms with Crippen LogP contribution in [0, 0.1) is 6.92 Å². The Morgan fingerprint density at radius 3 is 2.73 bits per heavy atom. The number of ether oxygens (including phenoxy) is 1. The van der Waals surface area contributed by atoms with Crippen LogP contribution < -0.4 is 20.7 Å². The van der Waals surface area contributed by atoms with Gasteiger partial charge in [-0.25, -0.2) is 13.4 Å². The maximum Gasteiger partial charge on any atom is 0.214 e. The molecule has 0 aliphatic carbocycles. The normalized spacial score (nSPS) is 18.8. The van der Waals surface area contributed by atoms with Crippen LogP contribution in [-0.4, -0.2) is 43.9 Å². The van der Waals surface area contributed by atoms with Gasteiger partial charge in [0.05, 0.1) is 35.4 Å². The lowest BCUT2D eigenvalue weighted by atomic mass is 10.1. The predicted octanol–water partition coefficient (Wildman–Crippen LogP) is 2.78. The highest BCUT2D eigenvalue weighted by molar-refractivity contribution is 7.92. The number of aryl methyl sites for hydroxylation is 1. The number of nitrogens with one attached hydrogen (secondary N) is 2. The van der Waals surface area contributed by atoms with Crippen LogP contribution in [0.2, 0.25) is 0 Å². The molecule has 9 nitrogen and oxygen atoms in total. The molecule has 33 heavy (non-hydrogen) atoms. The third-order valence-corrected chi connectivity index (χ3v) is 7.87. The summed E-state index contributed by atoms with van der Waals surface area (Å²) in [5.41, 5.74) is 9.58. The van der Waals surface area contributed by atoms with Crippen LogP contribution in [0.25, 0.3) is 10.9 Å². The second-order valence-corrected chi connectivity index (χ2v) is 10.7. The first-order valence-electron chi connectivity index (χ1n) is 10.9. The van der Waals surface area contributed by atoms with Gasteiger partial charge in [0.25, 0.3) is 0 Å². The van der Waals surface area contributed by atoms with Gasteiger partial charge in [-0.3, -0.25) is 10.8 Å². The SMILES string of the molecule is [2H]c1cc(S(=O)(=O)C(C)C)cc(C2(N)N=C(N(C)c3ccc4c(C)n[nH]c4c3)C=CN2)c1OC. The average molecular weight is 470 g/mol. The first-order valence-corrected chi connectivity index (χ1v) is 12.0. The predicted molar refractivity (Wildman–Crippen MR) is 130 cm³/mol. The summed E-state index contributed by atoms with van der Waals surface area (Å²) in [5, 5.41) is 10.6. The van der Waals surface area contributed by atoms with Crippen molar-refractivity contribution in [3.8, 4) is 5.75 Å². The molecule has 3 aromatic rings. The highest BCUT2D eigenvalue weighted by Crippen LogP contribution is 2.33. The number of amidine groups is 1. The fourth-order valence-corrected chi connectivity index (χ4v) is 4.71. The topological polar surface area (TPSA) is 126 Å². The second-order valence-electron chi connectivity index (χ2n) is 8.19. The lowest BCUT2D eigenvalue weighted by molar-refractivity contribution is 0.359. The number of hydrogen-bond donors (Lipinski definition) is 3. The summed E-state index contributed by atoms with van der Waals surface area (Å²) in [5.74, 6) is -0.882. The van der Waals surface area contributed by atoms with Gasteiger partial charge in [-0.05, 0) is 63.2 Å². The Labute approximate surface area is 194 Å². The minimum Gasteiger partial charge on any atom is -0.496 e. The molecule has 1 atom stereocenters. The van der Waals surface area contributed by atoms with E-state index in [1.165, 1.54) is 19.2 Å². The van der Waals surface area contributed by atoms with Crippen LogP contribution in [-0.2, 0) is 15.6 Å². The number of methoxy groups -OCH3 is 1. The Morgan fingerprint density at radius 2 is 2.03 bits per heavy atom. The zero-order chi connectivity index (χ0) is 24.8. The molecule has 10 heteroatoms. The third-order valence-electron chi connectivity index (χ3n) is 5.74. The van der Waals surface area contributed by atoms with Crippen molar-refractivity contribution < 1.29 is 14.5 Å². The zero-order valence-electron chi connectivity index (χ0n) is 20.2. The first kappa shape index (κ1) is 21.5. The number of aromatic amines is 1. The number of aliphatic imine (C=N–C) groups is 1. The molecule has 0 fully saturated rings. The number of H-pyrrole nitrogens is 1. The van der Waals surface area contributed by atoms with Gasteiger partial charge in [0.1, 0.15) is 11.6 Å². The number of hydrogen-bond acceptors (Lipinski definition) is 8. The van der Waals surface area contributed by atoms with E-state index in [1.54, 1.807) is 26.1 Å². The molecule has 4 N–H and O–H groups in total.